The molecular formula is C13H20O. The molecular weight excluding hydrogens is 172 g/mol. The second-order valence-corrected chi connectivity index (χ2v) is 4.27. The number of benzene rings is 1. The highest BCUT2D eigenvalue weighted by Gasteiger charge is 2.29. The predicted octanol–water partition coefficient (Wildman–Crippen LogP) is 3.25. The third-order valence-electron chi connectivity index (χ3n) is 3.26. The van der Waals surface area contributed by atoms with Gasteiger partial charge in [0.15, 0.2) is 0 Å². The summed E-state index contributed by atoms with van der Waals surface area (Å²) in [5.74, 6) is 0.281. The second kappa shape index (κ2) is 4.14. The van der Waals surface area contributed by atoms with Crippen LogP contribution in [0.4, 0.5) is 0 Å². The van der Waals surface area contributed by atoms with Crippen molar-refractivity contribution in [3.8, 4) is 0 Å². The Morgan fingerprint density at radius 2 is 1.93 bits per heavy atom. The maximum Gasteiger partial charge on any atom is 0.0896 e. The lowest BCUT2D eigenvalue weighted by Crippen LogP contribution is -2.30. The van der Waals surface area contributed by atoms with E-state index in [4.69, 9.17) is 0 Å². The van der Waals surface area contributed by atoms with Gasteiger partial charge in [0.25, 0.3) is 0 Å². The molecule has 0 aliphatic carbocycles. The van der Waals surface area contributed by atoms with Crippen molar-refractivity contribution < 1.29 is 5.11 Å². The Balaban J connectivity index is 3.09. The molecule has 78 valence electrons. The summed E-state index contributed by atoms with van der Waals surface area (Å²) in [5, 5.41) is 10.4. The Morgan fingerprint density at radius 3 is 2.43 bits per heavy atom. The van der Waals surface area contributed by atoms with Crippen molar-refractivity contribution in [3.63, 3.8) is 0 Å². The molecule has 0 aromatic heterocycles. The van der Waals surface area contributed by atoms with Gasteiger partial charge in [0, 0.05) is 0 Å². The summed E-state index contributed by atoms with van der Waals surface area (Å²) in [6.45, 7) is 8.15. The molecule has 0 fully saturated rings. The Bertz CT molecular complexity index is 302. The van der Waals surface area contributed by atoms with Crippen molar-refractivity contribution >= 4 is 0 Å². The van der Waals surface area contributed by atoms with Gasteiger partial charge < -0.3 is 5.11 Å². The predicted molar refractivity (Wildman–Crippen MR) is 60.2 cm³/mol. The van der Waals surface area contributed by atoms with Crippen LogP contribution in [0.2, 0.25) is 0 Å². The van der Waals surface area contributed by atoms with E-state index < -0.39 is 5.60 Å². The standard InChI is InChI=1S/C13H20O/c1-5-11(3)13(4,14)12-9-7-6-8-10(12)2/h6-9,11,14H,5H2,1-4H3. The minimum atomic E-state index is -0.708. The first kappa shape index (κ1) is 11.3. The Morgan fingerprint density at radius 1 is 1.36 bits per heavy atom. The number of hydrogen-bond donors (Lipinski definition) is 1. The van der Waals surface area contributed by atoms with E-state index >= 15 is 0 Å². The first-order valence-corrected chi connectivity index (χ1v) is 5.28. The molecule has 0 saturated carbocycles. The van der Waals surface area contributed by atoms with E-state index in [1.54, 1.807) is 0 Å². The zero-order chi connectivity index (χ0) is 10.8. The van der Waals surface area contributed by atoms with Crippen LogP contribution in [0.25, 0.3) is 0 Å². The summed E-state index contributed by atoms with van der Waals surface area (Å²) >= 11 is 0. The van der Waals surface area contributed by atoms with E-state index in [2.05, 4.69) is 13.8 Å². The molecule has 0 aliphatic rings. The van der Waals surface area contributed by atoms with Crippen molar-refractivity contribution in [2.24, 2.45) is 5.92 Å². The number of rotatable bonds is 3. The summed E-state index contributed by atoms with van der Waals surface area (Å²) in [6, 6.07) is 8.05. The molecule has 1 nitrogen and oxygen atoms in total. The Labute approximate surface area is 86.8 Å². The molecule has 1 rings (SSSR count). The maximum atomic E-state index is 10.4. The topological polar surface area (TPSA) is 20.2 Å². The number of aryl methyl sites for hydroxylation is 1. The van der Waals surface area contributed by atoms with Gasteiger partial charge in [-0.1, -0.05) is 44.5 Å². The lowest BCUT2D eigenvalue weighted by atomic mass is 9.81. The molecule has 0 bridgehead atoms. The van der Waals surface area contributed by atoms with Gasteiger partial charge in [-0.25, -0.2) is 0 Å². The summed E-state index contributed by atoms with van der Waals surface area (Å²) in [7, 11) is 0. The summed E-state index contributed by atoms with van der Waals surface area (Å²) < 4.78 is 0. The number of aliphatic hydroxyl groups is 1. The molecule has 1 N–H and O–H groups in total. The smallest absolute Gasteiger partial charge is 0.0896 e. The lowest BCUT2D eigenvalue weighted by molar-refractivity contribution is -0.000535. The highest BCUT2D eigenvalue weighted by Crippen LogP contribution is 2.32. The van der Waals surface area contributed by atoms with Crippen LogP contribution in [0.3, 0.4) is 0 Å². The van der Waals surface area contributed by atoms with E-state index in [9.17, 15) is 5.11 Å². The maximum absolute atomic E-state index is 10.4. The van der Waals surface area contributed by atoms with E-state index in [0.29, 0.717) is 0 Å². The van der Waals surface area contributed by atoms with E-state index in [-0.39, 0.29) is 5.92 Å². The van der Waals surface area contributed by atoms with E-state index in [1.807, 2.05) is 38.1 Å². The van der Waals surface area contributed by atoms with Crippen LogP contribution in [0.15, 0.2) is 24.3 Å². The average Bonchev–Trinajstić information content (AvgIpc) is 2.17. The fourth-order valence-electron chi connectivity index (χ4n) is 1.80. The normalized spacial score (nSPS) is 17.5. The van der Waals surface area contributed by atoms with Crippen molar-refractivity contribution in [3.05, 3.63) is 35.4 Å². The first-order valence-electron chi connectivity index (χ1n) is 5.28. The minimum absolute atomic E-state index is 0.281. The summed E-state index contributed by atoms with van der Waals surface area (Å²) in [5.41, 5.74) is 1.51. The van der Waals surface area contributed by atoms with Gasteiger partial charge in [-0.2, -0.15) is 0 Å². The molecule has 1 aromatic rings. The van der Waals surface area contributed by atoms with Crippen molar-refractivity contribution in [1.82, 2.24) is 0 Å². The average molecular weight is 192 g/mol. The van der Waals surface area contributed by atoms with Gasteiger partial charge in [0.05, 0.1) is 5.60 Å². The minimum Gasteiger partial charge on any atom is -0.385 e. The summed E-state index contributed by atoms with van der Waals surface area (Å²) in [4.78, 5) is 0. The molecule has 0 radical (unpaired) electrons. The van der Waals surface area contributed by atoms with E-state index in [1.165, 1.54) is 0 Å². The van der Waals surface area contributed by atoms with Gasteiger partial charge in [0.2, 0.25) is 0 Å². The molecule has 0 amide bonds. The third kappa shape index (κ3) is 1.98. The zero-order valence-electron chi connectivity index (χ0n) is 9.54. The molecule has 0 aliphatic heterocycles. The van der Waals surface area contributed by atoms with Crippen molar-refractivity contribution in [2.45, 2.75) is 39.7 Å². The van der Waals surface area contributed by atoms with Crippen LogP contribution < -0.4 is 0 Å². The zero-order valence-corrected chi connectivity index (χ0v) is 9.54. The lowest BCUT2D eigenvalue weighted by Gasteiger charge is -2.31. The first-order chi connectivity index (χ1) is 6.50. The van der Waals surface area contributed by atoms with Gasteiger partial charge in [-0.15, -0.1) is 0 Å². The van der Waals surface area contributed by atoms with Crippen LogP contribution in [0.1, 0.15) is 38.3 Å². The van der Waals surface area contributed by atoms with Gasteiger partial charge >= 0.3 is 0 Å². The van der Waals surface area contributed by atoms with Crippen LogP contribution in [-0.4, -0.2) is 5.11 Å². The molecule has 2 atom stereocenters. The van der Waals surface area contributed by atoms with E-state index in [0.717, 1.165) is 17.5 Å². The van der Waals surface area contributed by atoms with Gasteiger partial charge in [-0.3, -0.25) is 0 Å². The molecule has 0 spiro atoms. The Hall–Kier alpha value is -0.820. The highest BCUT2D eigenvalue weighted by molar-refractivity contribution is 5.31. The molecule has 0 saturated heterocycles. The van der Waals surface area contributed by atoms with Crippen LogP contribution >= 0.6 is 0 Å². The van der Waals surface area contributed by atoms with Gasteiger partial charge in [-0.05, 0) is 30.9 Å². The third-order valence-corrected chi connectivity index (χ3v) is 3.26. The molecule has 1 heteroatoms. The quantitative estimate of drug-likeness (QED) is 0.779. The van der Waals surface area contributed by atoms with Crippen LogP contribution in [-0.2, 0) is 5.60 Å². The van der Waals surface area contributed by atoms with Gasteiger partial charge in [0.1, 0.15) is 0 Å². The SMILES string of the molecule is CCC(C)C(C)(O)c1ccccc1C. The van der Waals surface area contributed by atoms with Crippen LogP contribution in [0.5, 0.6) is 0 Å². The molecule has 2 unspecified atom stereocenters. The van der Waals surface area contributed by atoms with Crippen molar-refractivity contribution in [2.75, 3.05) is 0 Å². The molecule has 14 heavy (non-hydrogen) atoms. The second-order valence-electron chi connectivity index (χ2n) is 4.27. The largest absolute Gasteiger partial charge is 0.385 e. The van der Waals surface area contributed by atoms with Crippen molar-refractivity contribution in [1.29, 1.82) is 0 Å². The monoisotopic (exact) mass is 192 g/mol. The fourth-order valence-corrected chi connectivity index (χ4v) is 1.80. The number of hydrogen-bond acceptors (Lipinski definition) is 1. The molecule has 0 heterocycles. The summed E-state index contributed by atoms with van der Waals surface area (Å²) in [6.07, 6.45) is 0.987. The highest BCUT2D eigenvalue weighted by atomic mass is 16.3. The van der Waals surface area contributed by atoms with Crippen LogP contribution in [0, 0.1) is 12.8 Å². The fraction of sp³-hybridized carbons (Fsp3) is 0.538. The molecule has 1 aromatic carbocycles. The Kier molecular flexibility index (Phi) is 3.33.